The van der Waals surface area contributed by atoms with Gasteiger partial charge in [-0.05, 0) is 12.1 Å². The number of hydrogen-bond acceptors (Lipinski definition) is 2. The molecule has 0 atom stereocenters. The molecule has 0 saturated carbocycles. The smallest absolute Gasteiger partial charge is 1.00 e. The Bertz CT molecular complexity index is 286. The summed E-state index contributed by atoms with van der Waals surface area (Å²) in [6, 6.07) is 7.31. The summed E-state index contributed by atoms with van der Waals surface area (Å²) in [6.07, 6.45) is 0. The van der Waals surface area contributed by atoms with Crippen LogP contribution in [-0.4, -0.2) is 14.1 Å². The molecule has 0 aliphatic carbocycles. The van der Waals surface area contributed by atoms with Crippen LogP contribution in [0.15, 0.2) is 24.3 Å². The Balaban J connectivity index is -0.0000000807. The number of nitrogens with zero attached hydrogens (tertiary/aromatic N) is 3. The molecule has 0 aliphatic heterocycles. The van der Waals surface area contributed by atoms with E-state index in [-0.39, 0.29) is 69.1 Å². The monoisotopic (exact) mass is 352 g/mol. The van der Waals surface area contributed by atoms with Gasteiger partial charge in [-0.2, -0.15) is 0 Å². The molecule has 0 aromatic heterocycles. The van der Waals surface area contributed by atoms with Crippen LogP contribution in [0.5, 0.6) is 0 Å². The van der Waals surface area contributed by atoms with E-state index in [1.807, 2.05) is 31.1 Å². The van der Waals surface area contributed by atoms with Crippen molar-refractivity contribution in [3.05, 3.63) is 29.2 Å². The van der Waals surface area contributed by atoms with Crippen LogP contribution >= 0.6 is 0 Å². The van der Waals surface area contributed by atoms with E-state index in [0.29, 0.717) is 5.69 Å². The summed E-state index contributed by atoms with van der Waals surface area (Å²) in [5.41, 5.74) is 1.67. The second kappa shape index (κ2) is 15.2. The molecule has 0 amide bonds. The molecule has 0 N–H and O–H groups in total. The van der Waals surface area contributed by atoms with Gasteiger partial charge >= 0.3 is 25.2 Å². The van der Waals surface area contributed by atoms with Crippen molar-refractivity contribution in [3.63, 3.8) is 0 Å². The van der Waals surface area contributed by atoms with Crippen LogP contribution in [-0.2, 0) is 19.5 Å². The molecule has 3 nitrogen and oxygen atoms in total. The Morgan fingerprint density at radius 3 is 1.56 bits per heavy atom. The average molecular weight is 355 g/mol. The van der Waals surface area contributed by atoms with Crippen molar-refractivity contribution in [1.29, 1.82) is 5.39 Å². The van der Waals surface area contributed by atoms with E-state index in [1.165, 1.54) is 0 Å². The Hall–Kier alpha value is 0.223. The molecule has 1 aromatic rings. The molecule has 0 spiro atoms. The first-order valence-corrected chi connectivity index (χ1v) is 3.36. The fourth-order valence-corrected chi connectivity index (χ4v) is 0.817. The van der Waals surface area contributed by atoms with Crippen molar-refractivity contribution in [2.75, 3.05) is 19.0 Å². The minimum absolute atomic E-state index is 0. The average Bonchev–Trinajstić information content (AvgIpc) is 2.05. The van der Waals surface area contributed by atoms with Crippen LogP contribution in [0.4, 0.5) is 11.4 Å². The molecule has 16 heavy (non-hydrogen) atoms. The van der Waals surface area contributed by atoms with Gasteiger partial charge in [0.1, 0.15) is 0 Å². The van der Waals surface area contributed by atoms with Crippen LogP contribution in [0.25, 0.3) is 4.98 Å². The third-order valence-electron chi connectivity index (χ3n) is 1.48. The number of hydrogen-bond donors (Lipinski definition) is 0. The zero-order valence-corrected chi connectivity index (χ0v) is 14.9. The minimum Gasteiger partial charge on any atom is -1.00 e. The van der Waals surface area contributed by atoms with Crippen LogP contribution in [0, 0.1) is 5.39 Å². The second-order valence-electron chi connectivity index (χ2n) is 2.51. The SMILES string of the molecule is CN(C)c1ccc([N+]#N)cc1.[Cl-].[Cl-].[Cl-].[Cl-].[Zn+2]. The van der Waals surface area contributed by atoms with Gasteiger partial charge in [0.15, 0.2) is 4.98 Å². The van der Waals surface area contributed by atoms with Crippen molar-refractivity contribution >= 4 is 11.4 Å². The summed E-state index contributed by atoms with van der Waals surface area (Å²) in [6.45, 7) is 0. The summed E-state index contributed by atoms with van der Waals surface area (Å²) in [7, 11) is 3.93. The first-order chi connectivity index (χ1) is 5.24. The van der Waals surface area contributed by atoms with Crippen LogP contribution in [0.1, 0.15) is 0 Å². The van der Waals surface area contributed by atoms with Crippen LogP contribution < -0.4 is 54.5 Å². The predicted molar refractivity (Wildman–Crippen MR) is 45.5 cm³/mol. The molecular weight excluding hydrogens is 345 g/mol. The summed E-state index contributed by atoms with van der Waals surface area (Å²) in [4.78, 5) is 5.04. The molecular formula is C8H10Cl4N3Zn-. The predicted octanol–water partition coefficient (Wildman–Crippen LogP) is -9.75. The Morgan fingerprint density at radius 1 is 0.938 bits per heavy atom. The second-order valence-corrected chi connectivity index (χ2v) is 2.51. The number of halogens is 4. The Labute approximate surface area is 133 Å². The normalized spacial score (nSPS) is 6.06. The zero-order chi connectivity index (χ0) is 8.27. The van der Waals surface area contributed by atoms with E-state index in [0.717, 1.165) is 5.69 Å². The first kappa shape index (κ1) is 29.8. The molecule has 8 heteroatoms. The molecule has 1 rings (SSSR count). The van der Waals surface area contributed by atoms with E-state index in [4.69, 9.17) is 5.39 Å². The van der Waals surface area contributed by atoms with Crippen LogP contribution in [0.3, 0.4) is 0 Å². The van der Waals surface area contributed by atoms with Crippen LogP contribution in [0.2, 0.25) is 0 Å². The molecule has 1 aromatic carbocycles. The zero-order valence-electron chi connectivity index (χ0n) is 8.87. The molecule has 88 valence electrons. The molecule has 0 unspecified atom stereocenters. The molecule has 0 saturated heterocycles. The number of anilines is 1. The maximum absolute atomic E-state index is 8.38. The van der Waals surface area contributed by atoms with Gasteiger partial charge < -0.3 is 54.5 Å². The van der Waals surface area contributed by atoms with Gasteiger partial charge in [0.25, 0.3) is 0 Å². The van der Waals surface area contributed by atoms with E-state index in [1.54, 1.807) is 12.1 Å². The Morgan fingerprint density at radius 2 is 1.31 bits per heavy atom. The fourth-order valence-electron chi connectivity index (χ4n) is 0.817. The Kier molecular flexibility index (Phi) is 28.4. The number of diazo groups is 1. The van der Waals surface area contributed by atoms with Gasteiger partial charge in [0.2, 0.25) is 5.39 Å². The largest absolute Gasteiger partial charge is 2.00 e. The summed E-state index contributed by atoms with van der Waals surface area (Å²) < 4.78 is 0. The van der Waals surface area contributed by atoms with Gasteiger partial charge in [-0.3, -0.25) is 0 Å². The molecule has 0 radical (unpaired) electrons. The topological polar surface area (TPSA) is 31.4 Å². The molecule has 0 bridgehead atoms. The van der Waals surface area contributed by atoms with Gasteiger partial charge in [-0.25, -0.2) is 0 Å². The number of benzene rings is 1. The van der Waals surface area contributed by atoms with Gasteiger partial charge in [-0.1, -0.05) is 0 Å². The standard InChI is InChI=1S/C8H10N3.4ClH.Zn/c1-11(2)8-5-3-7(10-9)4-6-8;;;;;/h3-6H,1-2H3;4*1H;/q+1;;;;;+2/p-4. The van der Waals surface area contributed by atoms with Crippen molar-refractivity contribution in [3.8, 4) is 0 Å². The summed E-state index contributed by atoms with van der Waals surface area (Å²) >= 11 is 0. The third kappa shape index (κ3) is 9.45. The van der Waals surface area contributed by atoms with Gasteiger partial charge in [-0.15, -0.1) is 0 Å². The molecule has 0 aliphatic rings. The minimum atomic E-state index is 0. The van der Waals surface area contributed by atoms with E-state index in [9.17, 15) is 0 Å². The van der Waals surface area contributed by atoms with Gasteiger partial charge in [0, 0.05) is 31.9 Å². The third-order valence-corrected chi connectivity index (χ3v) is 1.48. The number of rotatable bonds is 1. The summed E-state index contributed by atoms with van der Waals surface area (Å²) in [5.74, 6) is 0. The van der Waals surface area contributed by atoms with Crippen molar-refractivity contribution in [1.82, 2.24) is 0 Å². The van der Waals surface area contributed by atoms with Crippen molar-refractivity contribution in [2.45, 2.75) is 0 Å². The fraction of sp³-hybridized carbons (Fsp3) is 0.250. The van der Waals surface area contributed by atoms with E-state index >= 15 is 0 Å². The van der Waals surface area contributed by atoms with Crippen molar-refractivity contribution in [2.24, 2.45) is 0 Å². The first-order valence-electron chi connectivity index (χ1n) is 3.36. The van der Waals surface area contributed by atoms with Gasteiger partial charge in [0.05, 0.1) is 0 Å². The summed E-state index contributed by atoms with van der Waals surface area (Å²) in [5, 5.41) is 8.38. The van der Waals surface area contributed by atoms with E-state index < -0.39 is 0 Å². The maximum atomic E-state index is 8.38. The van der Waals surface area contributed by atoms with Crippen molar-refractivity contribution < 1.29 is 69.1 Å². The maximum Gasteiger partial charge on any atom is 2.00 e. The molecule has 0 fully saturated rings. The molecule has 0 heterocycles. The quantitative estimate of drug-likeness (QED) is 0.370. The van der Waals surface area contributed by atoms with E-state index in [2.05, 4.69) is 4.98 Å².